The summed E-state index contributed by atoms with van der Waals surface area (Å²) in [6.45, 7) is 10.1. The van der Waals surface area contributed by atoms with E-state index in [1.807, 2.05) is 50.2 Å². The van der Waals surface area contributed by atoms with Gasteiger partial charge in [-0.25, -0.2) is 4.98 Å². The predicted octanol–water partition coefficient (Wildman–Crippen LogP) is 5.50. The Labute approximate surface area is 209 Å². The van der Waals surface area contributed by atoms with Crippen LogP contribution in [0.1, 0.15) is 54.6 Å². The van der Waals surface area contributed by atoms with Crippen molar-refractivity contribution in [3.05, 3.63) is 94.3 Å². The molecule has 1 aliphatic heterocycles. The third kappa shape index (κ3) is 3.86. The zero-order valence-electron chi connectivity index (χ0n) is 21.0. The average molecular weight is 481 g/mol. The van der Waals surface area contributed by atoms with Gasteiger partial charge in [0.15, 0.2) is 0 Å². The van der Waals surface area contributed by atoms with Crippen molar-refractivity contribution >= 4 is 34.4 Å². The minimum Gasteiger partial charge on any atom is -0.507 e. The number of nitrogens with zero attached hydrogens (tertiary/aromatic N) is 3. The molecule has 1 aliphatic rings. The zero-order valence-corrected chi connectivity index (χ0v) is 21.0. The van der Waals surface area contributed by atoms with Gasteiger partial charge in [-0.3, -0.25) is 19.5 Å². The van der Waals surface area contributed by atoms with Gasteiger partial charge in [0.25, 0.3) is 5.78 Å². The Hall–Kier alpha value is -4.26. The summed E-state index contributed by atoms with van der Waals surface area (Å²) in [5.41, 5.74) is 5.25. The molecule has 0 bridgehead atoms. The topological polar surface area (TPSA) is 99.2 Å². The van der Waals surface area contributed by atoms with Gasteiger partial charge in [0, 0.05) is 18.0 Å². The number of aliphatic hydroxyl groups excluding tert-OH is 1. The molecule has 36 heavy (non-hydrogen) atoms. The molecule has 3 heterocycles. The minimum absolute atomic E-state index is 0.0128. The van der Waals surface area contributed by atoms with Crippen molar-refractivity contribution in [3.8, 4) is 0 Å². The number of anilines is 1. The summed E-state index contributed by atoms with van der Waals surface area (Å²) >= 11 is 0. The number of carbonyl (C=O) groups is 2. The summed E-state index contributed by atoms with van der Waals surface area (Å²) in [5, 5.41) is 11.6. The van der Waals surface area contributed by atoms with Crippen molar-refractivity contribution in [1.82, 2.24) is 15.0 Å². The molecule has 0 spiro atoms. The molecule has 0 radical (unpaired) electrons. The molecular formula is C29H28N4O3. The number of hydrogen-bond donors (Lipinski definition) is 2. The van der Waals surface area contributed by atoms with Crippen LogP contribution < -0.4 is 4.90 Å². The lowest BCUT2D eigenvalue weighted by atomic mass is 9.84. The molecule has 1 amide bonds. The fourth-order valence-corrected chi connectivity index (χ4v) is 4.62. The number of benzene rings is 2. The van der Waals surface area contributed by atoms with E-state index < -0.39 is 17.7 Å². The molecule has 5 rings (SSSR count). The number of aliphatic hydroxyl groups is 1. The van der Waals surface area contributed by atoms with E-state index in [9.17, 15) is 14.7 Å². The molecule has 2 N–H and O–H groups in total. The normalized spacial score (nSPS) is 17.8. The predicted molar refractivity (Wildman–Crippen MR) is 140 cm³/mol. The van der Waals surface area contributed by atoms with Crippen LogP contribution in [0.25, 0.3) is 16.8 Å². The Bertz CT molecular complexity index is 1540. The number of imidazole rings is 1. The number of fused-ring (bicyclic) bond motifs is 1. The van der Waals surface area contributed by atoms with Crippen molar-refractivity contribution < 1.29 is 14.7 Å². The first-order valence-corrected chi connectivity index (χ1v) is 11.8. The second-order valence-electron chi connectivity index (χ2n) is 10.3. The fourth-order valence-electron chi connectivity index (χ4n) is 4.62. The maximum absolute atomic E-state index is 13.5. The lowest BCUT2D eigenvalue weighted by Gasteiger charge is -2.24. The molecule has 1 fully saturated rings. The number of nitrogens with one attached hydrogen (secondary N) is 1. The van der Waals surface area contributed by atoms with Crippen molar-refractivity contribution in [2.45, 2.75) is 46.1 Å². The van der Waals surface area contributed by atoms with Crippen LogP contribution in [-0.2, 0) is 15.0 Å². The molecule has 4 aromatic rings. The van der Waals surface area contributed by atoms with Crippen LogP contribution in [0.4, 0.5) is 5.95 Å². The molecule has 0 saturated carbocycles. The smallest absolute Gasteiger partial charge is 0.302 e. The Morgan fingerprint density at radius 2 is 1.83 bits per heavy atom. The standard InChI is InChI=1S/C29H28N4O3/c1-16-8-11-21-22(13-16)32-28(31-21)33-24(18-7-6-12-30-15-18)23(26(35)27(33)36)25(34)20-14-19(29(3,4)5)10-9-17(20)2/h6-15,24,34H,1-5H3,(H,31,32)/b25-23+. The molecule has 7 heteroatoms. The Kier molecular flexibility index (Phi) is 5.51. The van der Waals surface area contributed by atoms with E-state index in [1.54, 1.807) is 24.5 Å². The number of pyridine rings is 1. The molecule has 0 aliphatic carbocycles. The van der Waals surface area contributed by atoms with Crippen LogP contribution in [0.5, 0.6) is 0 Å². The molecule has 7 nitrogen and oxygen atoms in total. The Morgan fingerprint density at radius 3 is 2.53 bits per heavy atom. The first kappa shape index (κ1) is 23.5. The number of aryl methyl sites for hydroxylation is 2. The lowest BCUT2D eigenvalue weighted by molar-refractivity contribution is -0.132. The highest BCUT2D eigenvalue weighted by Gasteiger charge is 2.48. The average Bonchev–Trinajstić information content (AvgIpc) is 3.36. The van der Waals surface area contributed by atoms with Gasteiger partial charge >= 0.3 is 5.91 Å². The third-order valence-corrected chi connectivity index (χ3v) is 6.66. The largest absolute Gasteiger partial charge is 0.507 e. The van der Waals surface area contributed by atoms with Gasteiger partial charge in [0.2, 0.25) is 5.95 Å². The third-order valence-electron chi connectivity index (χ3n) is 6.66. The second-order valence-corrected chi connectivity index (χ2v) is 10.3. The van der Waals surface area contributed by atoms with E-state index in [-0.39, 0.29) is 22.7 Å². The highest BCUT2D eigenvalue weighted by Crippen LogP contribution is 2.42. The van der Waals surface area contributed by atoms with E-state index >= 15 is 0 Å². The number of aromatic amines is 1. The van der Waals surface area contributed by atoms with Crippen molar-refractivity contribution in [1.29, 1.82) is 0 Å². The number of amides is 1. The summed E-state index contributed by atoms with van der Waals surface area (Å²) in [6.07, 6.45) is 3.22. The van der Waals surface area contributed by atoms with Gasteiger partial charge in [-0.1, -0.05) is 45.0 Å². The number of aromatic nitrogens is 3. The summed E-state index contributed by atoms with van der Waals surface area (Å²) in [6, 6.07) is 14.2. The molecule has 2 aromatic heterocycles. The molecule has 1 saturated heterocycles. The maximum Gasteiger partial charge on any atom is 0.302 e. The highest BCUT2D eigenvalue weighted by molar-refractivity contribution is 6.51. The van der Waals surface area contributed by atoms with Gasteiger partial charge in [-0.05, 0) is 65.8 Å². The first-order chi connectivity index (χ1) is 17.1. The summed E-state index contributed by atoms with van der Waals surface area (Å²) in [4.78, 5) is 40.2. The van der Waals surface area contributed by atoms with Gasteiger partial charge in [0.05, 0.1) is 22.6 Å². The van der Waals surface area contributed by atoms with Crippen molar-refractivity contribution in [2.75, 3.05) is 4.90 Å². The lowest BCUT2D eigenvalue weighted by Crippen LogP contribution is -2.30. The maximum atomic E-state index is 13.5. The molecule has 1 atom stereocenters. The van der Waals surface area contributed by atoms with Gasteiger partial charge in [-0.15, -0.1) is 0 Å². The van der Waals surface area contributed by atoms with E-state index in [0.717, 1.165) is 22.2 Å². The summed E-state index contributed by atoms with van der Waals surface area (Å²) < 4.78 is 0. The van der Waals surface area contributed by atoms with Crippen LogP contribution in [0.3, 0.4) is 0 Å². The van der Waals surface area contributed by atoms with Crippen LogP contribution in [-0.4, -0.2) is 31.7 Å². The zero-order chi connectivity index (χ0) is 25.8. The molecule has 2 aromatic carbocycles. The summed E-state index contributed by atoms with van der Waals surface area (Å²) in [7, 11) is 0. The number of rotatable bonds is 3. The SMILES string of the molecule is Cc1ccc2nc(N3C(=O)C(=O)/C(=C(/O)c4cc(C(C)(C)C)ccc4C)C3c3cccnc3)[nH]c2c1. The Morgan fingerprint density at radius 1 is 1.06 bits per heavy atom. The second kappa shape index (κ2) is 8.45. The van der Waals surface area contributed by atoms with Crippen LogP contribution in [0.2, 0.25) is 0 Å². The molecule has 182 valence electrons. The van der Waals surface area contributed by atoms with E-state index in [1.165, 1.54) is 4.90 Å². The first-order valence-electron chi connectivity index (χ1n) is 11.8. The van der Waals surface area contributed by atoms with Crippen LogP contribution in [0, 0.1) is 13.8 Å². The van der Waals surface area contributed by atoms with Gasteiger partial charge in [0.1, 0.15) is 5.76 Å². The minimum atomic E-state index is -0.891. The number of Topliss-reactive ketones (excluding diaryl/α,β-unsaturated/α-hetero) is 1. The quantitative estimate of drug-likeness (QED) is 0.229. The Balaban J connectivity index is 1.74. The number of carbonyl (C=O) groups excluding carboxylic acids is 2. The van der Waals surface area contributed by atoms with Crippen molar-refractivity contribution in [3.63, 3.8) is 0 Å². The number of H-pyrrole nitrogens is 1. The fraction of sp³-hybridized carbons (Fsp3) is 0.241. The van der Waals surface area contributed by atoms with Crippen LogP contribution >= 0.6 is 0 Å². The molecular weight excluding hydrogens is 452 g/mol. The monoisotopic (exact) mass is 480 g/mol. The van der Waals surface area contributed by atoms with Crippen molar-refractivity contribution in [2.24, 2.45) is 0 Å². The molecule has 1 unspecified atom stereocenters. The number of ketones is 1. The number of hydrogen-bond acceptors (Lipinski definition) is 5. The van der Waals surface area contributed by atoms with Gasteiger partial charge in [-0.2, -0.15) is 0 Å². The van der Waals surface area contributed by atoms with Gasteiger partial charge < -0.3 is 10.1 Å². The van der Waals surface area contributed by atoms with E-state index in [4.69, 9.17) is 0 Å². The summed E-state index contributed by atoms with van der Waals surface area (Å²) in [5.74, 6) is -1.49. The highest BCUT2D eigenvalue weighted by atomic mass is 16.3. The van der Waals surface area contributed by atoms with E-state index in [0.29, 0.717) is 16.6 Å². The van der Waals surface area contributed by atoms with Crippen LogP contribution in [0.15, 0.2) is 66.5 Å². The van der Waals surface area contributed by atoms with E-state index in [2.05, 4.69) is 35.7 Å².